The van der Waals surface area contributed by atoms with Crippen LogP contribution in [0, 0.1) is 0 Å². The van der Waals surface area contributed by atoms with Crippen LogP contribution in [0.1, 0.15) is 1.43 Å². The van der Waals surface area contributed by atoms with Gasteiger partial charge in [-0.2, -0.15) is 0 Å². The Balaban J connectivity index is 0.00000162. The molecule has 0 aliphatic rings. The maximum Gasteiger partial charge on any atom is 1.00 e. The Hall–Kier alpha value is -1.16. The molecule has 0 aliphatic carbocycles. The first-order chi connectivity index (χ1) is 8.08. The standard InChI is InChI=1S/C14H17N3.Na.H/c1-17(2)14-9-12(16)7-8-13(14)10-3-5-11(15)6-4-10;;/h3-9H,15-16H2,1-2H3;;/q;+1;-1. The molecule has 0 aromatic heterocycles. The Morgan fingerprint density at radius 3 is 2.00 bits per heavy atom. The molecule has 2 rings (SSSR count). The number of rotatable bonds is 2. The van der Waals surface area contributed by atoms with Crippen LogP contribution < -0.4 is 45.9 Å². The molecule has 0 atom stereocenters. The first kappa shape index (κ1) is 14.9. The molecule has 2 aromatic carbocycles. The molecule has 0 amide bonds. The number of nitrogens with two attached hydrogens (primary N) is 2. The van der Waals surface area contributed by atoms with E-state index in [0.29, 0.717) is 0 Å². The average Bonchev–Trinajstić information content (AvgIpc) is 2.30. The SMILES string of the molecule is CN(C)c1cc(N)ccc1-c1ccc(N)cc1.[H-].[Na+]. The van der Waals surface area contributed by atoms with E-state index in [1.54, 1.807) is 0 Å². The maximum absolute atomic E-state index is 5.82. The third-order valence-corrected chi connectivity index (χ3v) is 2.73. The van der Waals surface area contributed by atoms with Gasteiger partial charge in [0.25, 0.3) is 0 Å². The van der Waals surface area contributed by atoms with E-state index in [4.69, 9.17) is 11.5 Å². The van der Waals surface area contributed by atoms with Gasteiger partial charge in [0, 0.05) is 36.7 Å². The van der Waals surface area contributed by atoms with E-state index < -0.39 is 0 Å². The summed E-state index contributed by atoms with van der Waals surface area (Å²) in [6, 6.07) is 13.8. The van der Waals surface area contributed by atoms with Gasteiger partial charge >= 0.3 is 29.6 Å². The predicted octanol–water partition coefficient (Wildman–Crippen LogP) is -0.299. The Morgan fingerprint density at radius 1 is 0.889 bits per heavy atom. The second kappa shape index (κ2) is 6.14. The fraction of sp³-hybridized carbons (Fsp3) is 0.143. The number of hydrogen-bond donors (Lipinski definition) is 2. The number of nitrogens with zero attached hydrogens (tertiary/aromatic N) is 1. The largest absolute Gasteiger partial charge is 1.00 e. The van der Waals surface area contributed by atoms with Crippen LogP contribution in [0.4, 0.5) is 17.1 Å². The minimum absolute atomic E-state index is 0. The molecular weight excluding hydrogens is 233 g/mol. The van der Waals surface area contributed by atoms with Crippen LogP contribution in [0.5, 0.6) is 0 Å². The fourth-order valence-electron chi connectivity index (χ4n) is 1.83. The quantitative estimate of drug-likeness (QED) is 0.569. The summed E-state index contributed by atoms with van der Waals surface area (Å²) < 4.78 is 0. The van der Waals surface area contributed by atoms with Crippen LogP contribution in [0.15, 0.2) is 42.5 Å². The van der Waals surface area contributed by atoms with E-state index >= 15 is 0 Å². The van der Waals surface area contributed by atoms with E-state index in [9.17, 15) is 0 Å². The predicted molar refractivity (Wildman–Crippen MR) is 76.1 cm³/mol. The van der Waals surface area contributed by atoms with E-state index in [2.05, 4.69) is 4.90 Å². The molecule has 90 valence electrons. The summed E-state index contributed by atoms with van der Waals surface area (Å²) in [5, 5.41) is 0. The molecule has 0 saturated carbocycles. The van der Waals surface area contributed by atoms with Gasteiger partial charge in [-0.1, -0.05) is 18.2 Å². The molecule has 0 bridgehead atoms. The first-order valence-corrected chi connectivity index (χ1v) is 5.50. The summed E-state index contributed by atoms with van der Waals surface area (Å²) in [5.74, 6) is 0. The zero-order chi connectivity index (χ0) is 12.4. The van der Waals surface area contributed by atoms with Gasteiger partial charge in [0.15, 0.2) is 0 Å². The molecule has 0 spiro atoms. The maximum atomic E-state index is 5.82. The summed E-state index contributed by atoms with van der Waals surface area (Å²) in [7, 11) is 4.02. The Kier molecular flexibility index (Phi) is 5.08. The summed E-state index contributed by atoms with van der Waals surface area (Å²) in [5.41, 5.74) is 16.5. The van der Waals surface area contributed by atoms with E-state index in [0.717, 1.165) is 28.2 Å². The normalized spacial score (nSPS) is 9.67. The second-order valence-electron chi connectivity index (χ2n) is 4.29. The van der Waals surface area contributed by atoms with Crippen LogP contribution in [-0.4, -0.2) is 14.1 Å². The molecular formula is C14H18N3Na. The third-order valence-electron chi connectivity index (χ3n) is 2.73. The van der Waals surface area contributed by atoms with Gasteiger partial charge < -0.3 is 17.8 Å². The van der Waals surface area contributed by atoms with Gasteiger partial charge in [-0.25, -0.2) is 0 Å². The first-order valence-electron chi connectivity index (χ1n) is 5.50. The third kappa shape index (κ3) is 3.19. The van der Waals surface area contributed by atoms with Gasteiger partial charge in [-0.3, -0.25) is 0 Å². The molecule has 0 heterocycles. The smallest absolute Gasteiger partial charge is 1.00 e. The average molecular weight is 251 g/mol. The molecule has 4 heteroatoms. The van der Waals surface area contributed by atoms with Crippen molar-refractivity contribution in [3.05, 3.63) is 42.5 Å². The van der Waals surface area contributed by atoms with Crippen molar-refractivity contribution >= 4 is 17.1 Å². The Morgan fingerprint density at radius 2 is 1.44 bits per heavy atom. The van der Waals surface area contributed by atoms with Crippen molar-refractivity contribution in [3.63, 3.8) is 0 Å². The summed E-state index contributed by atoms with van der Waals surface area (Å²) >= 11 is 0. The van der Waals surface area contributed by atoms with Gasteiger partial charge in [0.1, 0.15) is 0 Å². The Labute approximate surface area is 132 Å². The number of hydrogen-bond acceptors (Lipinski definition) is 3. The minimum atomic E-state index is 0. The topological polar surface area (TPSA) is 55.3 Å². The zero-order valence-corrected chi connectivity index (χ0v) is 13.1. The van der Waals surface area contributed by atoms with Crippen molar-refractivity contribution in [2.75, 3.05) is 30.5 Å². The number of nitrogen functional groups attached to an aromatic ring is 2. The minimum Gasteiger partial charge on any atom is -1.00 e. The van der Waals surface area contributed by atoms with Crippen molar-refractivity contribution in [3.8, 4) is 11.1 Å². The summed E-state index contributed by atoms with van der Waals surface area (Å²) in [6.07, 6.45) is 0. The molecule has 0 unspecified atom stereocenters. The molecule has 2 aromatic rings. The fourth-order valence-corrected chi connectivity index (χ4v) is 1.83. The van der Waals surface area contributed by atoms with Crippen LogP contribution in [0.2, 0.25) is 0 Å². The van der Waals surface area contributed by atoms with Gasteiger partial charge in [-0.05, 0) is 29.8 Å². The van der Waals surface area contributed by atoms with Crippen LogP contribution in [0.3, 0.4) is 0 Å². The van der Waals surface area contributed by atoms with Crippen molar-refractivity contribution in [1.29, 1.82) is 0 Å². The van der Waals surface area contributed by atoms with Gasteiger partial charge in [-0.15, -0.1) is 0 Å². The second-order valence-corrected chi connectivity index (χ2v) is 4.29. The molecule has 0 saturated heterocycles. The molecule has 0 aliphatic heterocycles. The number of benzene rings is 2. The van der Waals surface area contributed by atoms with Crippen LogP contribution >= 0.6 is 0 Å². The molecule has 0 fully saturated rings. The van der Waals surface area contributed by atoms with Crippen molar-refractivity contribution in [2.45, 2.75) is 0 Å². The molecule has 3 nitrogen and oxygen atoms in total. The monoisotopic (exact) mass is 251 g/mol. The van der Waals surface area contributed by atoms with E-state index in [1.165, 1.54) is 0 Å². The number of anilines is 3. The molecule has 18 heavy (non-hydrogen) atoms. The van der Waals surface area contributed by atoms with E-state index in [1.807, 2.05) is 56.6 Å². The zero-order valence-electron chi connectivity index (χ0n) is 12.1. The van der Waals surface area contributed by atoms with Gasteiger partial charge in [0.05, 0.1) is 0 Å². The summed E-state index contributed by atoms with van der Waals surface area (Å²) in [4.78, 5) is 2.06. The van der Waals surface area contributed by atoms with Crippen molar-refractivity contribution in [2.24, 2.45) is 0 Å². The van der Waals surface area contributed by atoms with Crippen LogP contribution in [-0.2, 0) is 0 Å². The van der Waals surface area contributed by atoms with Gasteiger partial charge in [0.2, 0.25) is 0 Å². The Bertz CT molecular complexity index is 527. The molecule has 4 N–H and O–H groups in total. The van der Waals surface area contributed by atoms with Crippen LogP contribution in [0.25, 0.3) is 11.1 Å². The molecule has 0 radical (unpaired) electrons. The van der Waals surface area contributed by atoms with E-state index in [-0.39, 0.29) is 31.0 Å². The van der Waals surface area contributed by atoms with Crippen molar-refractivity contribution in [1.82, 2.24) is 0 Å². The summed E-state index contributed by atoms with van der Waals surface area (Å²) in [6.45, 7) is 0. The van der Waals surface area contributed by atoms with Crippen molar-refractivity contribution < 1.29 is 31.0 Å².